The monoisotopic (exact) mass is 329 g/mol. The Morgan fingerprint density at radius 3 is 2.83 bits per heavy atom. The second kappa shape index (κ2) is 7.36. The highest BCUT2D eigenvalue weighted by Gasteiger charge is 2.31. The molecule has 1 aromatic carbocycles. The molecule has 1 N–H and O–H groups in total. The van der Waals surface area contributed by atoms with Gasteiger partial charge < -0.3 is 19.5 Å². The minimum absolute atomic E-state index is 0.00320. The molecule has 1 aliphatic rings. The maximum atomic E-state index is 12.3. The maximum absolute atomic E-state index is 12.3. The first-order valence-electron chi connectivity index (χ1n) is 7.06. The quantitative estimate of drug-likeness (QED) is 0.835. The smallest absolute Gasteiger partial charge is 0.387 e. The van der Waals surface area contributed by atoms with Gasteiger partial charge in [-0.2, -0.15) is 8.78 Å². The summed E-state index contributed by atoms with van der Waals surface area (Å²) in [6, 6.07) is 6.05. The van der Waals surface area contributed by atoms with E-state index in [-0.39, 0.29) is 18.9 Å². The number of carboxylic acid groups (broad SMARTS) is 1. The Morgan fingerprint density at radius 1 is 1.43 bits per heavy atom. The van der Waals surface area contributed by atoms with Gasteiger partial charge in [0.2, 0.25) is 5.91 Å². The molecule has 2 rings (SSSR count). The Morgan fingerprint density at radius 2 is 2.17 bits per heavy atom. The fourth-order valence-electron chi connectivity index (χ4n) is 2.32. The molecule has 2 atom stereocenters. The number of hydrogen-bond donors (Lipinski definition) is 1. The number of halogens is 2. The molecule has 0 radical (unpaired) electrons. The van der Waals surface area contributed by atoms with Crippen LogP contribution in [-0.2, 0) is 14.3 Å². The summed E-state index contributed by atoms with van der Waals surface area (Å²) in [5.41, 5.74) is 0.587. The number of carboxylic acids is 1. The fraction of sp³-hybridized carbons (Fsp3) is 0.467. The van der Waals surface area contributed by atoms with E-state index >= 15 is 0 Å². The molecule has 1 aromatic rings. The molecule has 1 heterocycles. The number of benzene rings is 1. The van der Waals surface area contributed by atoms with Gasteiger partial charge in [-0.15, -0.1) is 0 Å². The Balaban J connectivity index is 2.09. The Bertz CT molecular complexity index is 581. The fourth-order valence-corrected chi connectivity index (χ4v) is 2.32. The van der Waals surface area contributed by atoms with Gasteiger partial charge in [-0.3, -0.25) is 9.59 Å². The van der Waals surface area contributed by atoms with E-state index in [1.165, 1.54) is 24.0 Å². The van der Waals surface area contributed by atoms with Crippen molar-refractivity contribution in [2.24, 2.45) is 5.92 Å². The van der Waals surface area contributed by atoms with E-state index in [1.807, 2.05) is 0 Å². The Hall–Kier alpha value is -2.22. The van der Waals surface area contributed by atoms with Gasteiger partial charge in [-0.05, 0) is 24.6 Å². The van der Waals surface area contributed by atoms with E-state index in [9.17, 15) is 18.4 Å². The van der Waals surface area contributed by atoms with E-state index in [0.717, 1.165) is 0 Å². The number of morpholine rings is 1. The molecule has 1 amide bonds. The number of carbonyl (C=O) groups excluding carboxylic acids is 1. The van der Waals surface area contributed by atoms with Crippen LogP contribution in [0, 0.1) is 5.92 Å². The third-order valence-corrected chi connectivity index (χ3v) is 3.57. The highest BCUT2D eigenvalue weighted by molar-refractivity contribution is 5.96. The van der Waals surface area contributed by atoms with Crippen LogP contribution < -0.4 is 4.74 Å². The predicted molar refractivity (Wildman–Crippen MR) is 75.1 cm³/mol. The van der Waals surface area contributed by atoms with Crippen molar-refractivity contribution in [1.29, 1.82) is 0 Å². The van der Waals surface area contributed by atoms with Crippen molar-refractivity contribution in [2.45, 2.75) is 19.6 Å². The number of aliphatic carboxylic acids is 1. The normalized spacial score (nSPS) is 19.5. The maximum Gasteiger partial charge on any atom is 0.387 e. The van der Waals surface area contributed by atoms with Crippen molar-refractivity contribution >= 4 is 11.9 Å². The molecule has 8 heteroatoms. The number of hydrogen-bond acceptors (Lipinski definition) is 4. The molecule has 1 aliphatic heterocycles. The summed E-state index contributed by atoms with van der Waals surface area (Å²) in [5, 5.41) is 8.92. The molecule has 126 valence electrons. The predicted octanol–water partition coefficient (Wildman–Crippen LogP) is 1.91. The van der Waals surface area contributed by atoms with Crippen molar-refractivity contribution in [3.05, 3.63) is 29.8 Å². The zero-order chi connectivity index (χ0) is 17.0. The van der Waals surface area contributed by atoms with Crippen LogP contribution in [0.15, 0.2) is 24.3 Å². The summed E-state index contributed by atoms with van der Waals surface area (Å²) < 4.78 is 34.4. The first kappa shape index (κ1) is 17.1. The van der Waals surface area contributed by atoms with E-state index in [4.69, 9.17) is 9.84 Å². The minimum Gasteiger partial charge on any atom is -0.481 e. The second-order valence-electron chi connectivity index (χ2n) is 5.15. The molecular formula is C15H17F2NO5. The highest BCUT2D eigenvalue weighted by atomic mass is 19.3. The second-order valence-corrected chi connectivity index (χ2v) is 5.15. The summed E-state index contributed by atoms with van der Waals surface area (Å²) in [7, 11) is 0. The molecule has 1 saturated heterocycles. The van der Waals surface area contributed by atoms with Gasteiger partial charge in [0.05, 0.1) is 13.2 Å². The third-order valence-electron chi connectivity index (χ3n) is 3.57. The molecule has 0 saturated carbocycles. The van der Waals surface area contributed by atoms with Crippen LogP contribution >= 0.6 is 0 Å². The molecule has 1 fully saturated rings. The highest BCUT2D eigenvalue weighted by Crippen LogP contribution is 2.26. The molecule has 23 heavy (non-hydrogen) atoms. The van der Waals surface area contributed by atoms with Gasteiger partial charge in [0.15, 0.2) is 0 Å². The van der Waals surface area contributed by atoms with E-state index in [2.05, 4.69) is 4.74 Å². The number of amides is 1. The van der Waals surface area contributed by atoms with E-state index in [0.29, 0.717) is 12.1 Å². The van der Waals surface area contributed by atoms with Crippen molar-refractivity contribution in [3.63, 3.8) is 0 Å². The SMILES string of the molecule is CC(C(=O)O)C(=O)N1CCOC(c2cccc(OC(F)F)c2)C1. The summed E-state index contributed by atoms with van der Waals surface area (Å²) in [6.45, 7) is -0.907. The van der Waals surface area contributed by atoms with Crippen LogP contribution in [0.4, 0.5) is 8.78 Å². The van der Waals surface area contributed by atoms with Crippen molar-refractivity contribution in [3.8, 4) is 5.75 Å². The summed E-state index contributed by atoms with van der Waals surface area (Å²) in [6.07, 6.45) is -0.519. The zero-order valence-electron chi connectivity index (χ0n) is 12.4. The van der Waals surface area contributed by atoms with Crippen LogP contribution in [0.5, 0.6) is 5.75 Å². The van der Waals surface area contributed by atoms with Gasteiger partial charge >= 0.3 is 12.6 Å². The van der Waals surface area contributed by atoms with E-state index in [1.54, 1.807) is 12.1 Å². The summed E-state index contributed by atoms with van der Waals surface area (Å²) in [4.78, 5) is 24.4. The van der Waals surface area contributed by atoms with Gasteiger partial charge in [-0.25, -0.2) is 0 Å². The average molecular weight is 329 g/mol. The van der Waals surface area contributed by atoms with Crippen molar-refractivity contribution in [1.82, 2.24) is 4.90 Å². The number of rotatable bonds is 5. The lowest BCUT2D eigenvalue weighted by atomic mass is 10.1. The standard InChI is InChI=1S/C15H17F2NO5/c1-9(14(20)21)13(19)18-5-6-22-12(8-18)10-3-2-4-11(7-10)23-15(16)17/h2-4,7,9,12,15H,5-6,8H2,1H3,(H,20,21). The van der Waals surface area contributed by atoms with Gasteiger partial charge in [0.25, 0.3) is 0 Å². The summed E-state index contributed by atoms with van der Waals surface area (Å²) >= 11 is 0. The van der Waals surface area contributed by atoms with Crippen LogP contribution in [-0.4, -0.2) is 48.2 Å². The largest absolute Gasteiger partial charge is 0.481 e. The van der Waals surface area contributed by atoms with E-state index < -0.39 is 30.5 Å². The summed E-state index contributed by atoms with van der Waals surface area (Å²) in [5.74, 6) is -2.82. The first-order valence-corrected chi connectivity index (χ1v) is 7.06. The molecule has 6 nitrogen and oxygen atoms in total. The topological polar surface area (TPSA) is 76.1 Å². The lowest BCUT2D eigenvalue weighted by molar-refractivity contribution is -0.154. The lowest BCUT2D eigenvalue weighted by Gasteiger charge is -2.34. The zero-order valence-corrected chi connectivity index (χ0v) is 12.4. The van der Waals surface area contributed by atoms with Crippen LogP contribution in [0.1, 0.15) is 18.6 Å². The van der Waals surface area contributed by atoms with Crippen molar-refractivity contribution < 1.29 is 33.0 Å². The molecular weight excluding hydrogens is 312 g/mol. The molecule has 0 aliphatic carbocycles. The molecule has 0 spiro atoms. The van der Waals surface area contributed by atoms with Gasteiger partial charge in [-0.1, -0.05) is 12.1 Å². The number of nitrogens with zero attached hydrogens (tertiary/aromatic N) is 1. The molecule has 0 bridgehead atoms. The minimum atomic E-state index is -2.92. The Kier molecular flexibility index (Phi) is 5.49. The first-order chi connectivity index (χ1) is 10.9. The average Bonchev–Trinajstić information content (AvgIpc) is 2.53. The van der Waals surface area contributed by atoms with Crippen LogP contribution in [0.25, 0.3) is 0 Å². The van der Waals surface area contributed by atoms with Gasteiger partial charge in [0.1, 0.15) is 17.8 Å². The number of ether oxygens (including phenoxy) is 2. The van der Waals surface area contributed by atoms with Crippen molar-refractivity contribution in [2.75, 3.05) is 19.7 Å². The third kappa shape index (κ3) is 4.38. The lowest BCUT2D eigenvalue weighted by Crippen LogP contribution is -2.45. The number of carbonyl (C=O) groups is 2. The van der Waals surface area contributed by atoms with Gasteiger partial charge in [0, 0.05) is 6.54 Å². The molecule has 0 aromatic heterocycles. The number of alkyl halides is 2. The van der Waals surface area contributed by atoms with Crippen LogP contribution in [0.3, 0.4) is 0 Å². The molecule has 2 unspecified atom stereocenters. The Labute approximate surface area is 131 Å². The van der Waals surface area contributed by atoms with Crippen LogP contribution in [0.2, 0.25) is 0 Å².